The molecule has 2 aromatic heterocycles. The van der Waals surface area contributed by atoms with Gasteiger partial charge in [-0.15, -0.1) is 11.3 Å². The molecule has 2 heterocycles. The molecule has 0 aromatic carbocycles. The molecule has 0 aliphatic carbocycles. The van der Waals surface area contributed by atoms with Gasteiger partial charge in [-0.25, -0.2) is 4.98 Å². The molecule has 2 N–H and O–H groups in total. The average molecular weight is 221 g/mol. The van der Waals surface area contributed by atoms with Crippen LogP contribution in [0.25, 0.3) is 0 Å². The van der Waals surface area contributed by atoms with Gasteiger partial charge in [0.25, 0.3) is 0 Å². The Hall–Kier alpha value is -1.29. The Labute approximate surface area is 93.6 Å². The normalized spacial score (nSPS) is 12.9. The van der Waals surface area contributed by atoms with E-state index in [4.69, 9.17) is 5.73 Å². The number of anilines is 1. The fourth-order valence-corrected chi connectivity index (χ4v) is 2.53. The van der Waals surface area contributed by atoms with Crippen LogP contribution in [0.2, 0.25) is 0 Å². The number of rotatable bonds is 3. The summed E-state index contributed by atoms with van der Waals surface area (Å²) in [7, 11) is 0. The Balaban J connectivity index is 2.14. The molecule has 2 rings (SSSR count). The van der Waals surface area contributed by atoms with Crippen LogP contribution in [-0.4, -0.2) is 9.55 Å². The lowest BCUT2D eigenvalue weighted by Crippen LogP contribution is -2.09. The Morgan fingerprint density at radius 3 is 2.93 bits per heavy atom. The summed E-state index contributed by atoms with van der Waals surface area (Å²) in [6, 6.07) is 4.60. The van der Waals surface area contributed by atoms with E-state index in [1.165, 1.54) is 4.88 Å². The van der Waals surface area contributed by atoms with Crippen molar-refractivity contribution in [1.29, 1.82) is 0 Å². The number of nitrogens with two attached hydrogens (primary N) is 1. The molecule has 0 aliphatic heterocycles. The zero-order valence-corrected chi connectivity index (χ0v) is 9.79. The average Bonchev–Trinajstić information content (AvgIpc) is 2.75. The molecule has 1 unspecified atom stereocenters. The smallest absolute Gasteiger partial charge is 0.200 e. The number of aromatic nitrogens is 2. The van der Waals surface area contributed by atoms with Gasteiger partial charge < -0.3 is 10.3 Å². The van der Waals surface area contributed by atoms with Crippen LogP contribution < -0.4 is 5.73 Å². The number of hydrogen-bond donors (Lipinski definition) is 1. The fourth-order valence-electron chi connectivity index (χ4n) is 1.71. The molecule has 2 aromatic rings. The Morgan fingerprint density at radius 2 is 2.40 bits per heavy atom. The number of nitrogens with zero attached hydrogens (tertiary/aromatic N) is 2. The van der Waals surface area contributed by atoms with E-state index in [0.29, 0.717) is 12.0 Å². The van der Waals surface area contributed by atoms with Gasteiger partial charge in [0.05, 0.1) is 5.69 Å². The molecule has 0 radical (unpaired) electrons. The van der Waals surface area contributed by atoms with Gasteiger partial charge in [-0.2, -0.15) is 0 Å². The highest BCUT2D eigenvalue weighted by atomic mass is 32.1. The molecule has 1 atom stereocenters. The first-order chi connectivity index (χ1) is 7.16. The lowest BCUT2D eigenvalue weighted by atomic mass is 10.2. The van der Waals surface area contributed by atoms with Crippen LogP contribution in [0.15, 0.2) is 23.7 Å². The van der Waals surface area contributed by atoms with Gasteiger partial charge in [-0.3, -0.25) is 0 Å². The quantitative estimate of drug-likeness (QED) is 0.866. The third kappa shape index (κ3) is 2.21. The fraction of sp³-hybridized carbons (Fsp3) is 0.364. The topological polar surface area (TPSA) is 43.8 Å². The number of hydrogen-bond acceptors (Lipinski definition) is 3. The summed E-state index contributed by atoms with van der Waals surface area (Å²) in [5.74, 6) is 0.608. The van der Waals surface area contributed by atoms with Crippen LogP contribution in [0, 0.1) is 6.92 Å². The van der Waals surface area contributed by atoms with Crippen LogP contribution in [-0.2, 0) is 6.42 Å². The highest BCUT2D eigenvalue weighted by Crippen LogP contribution is 2.20. The van der Waals surface area contributed by atoms with E-state index in [2.05, 4.69) is 29.4 Å². The first kappa shape index (κ1) is 10.2. The number of nitrogen functional groups attached to an aromatic ring is 1. The first-order valence-electron chi connectivity index (χ1n) is 5.00. The van der Waals surface area contributed by atoms with Gasteiger partial charge in [0.2, 0.25) is 5.95 Å². The summed E-state index contributed by atoms with van der Waals surface area (Å²) < 4.78 is 2.04. The molecular formula is C11H15N3S. The zero-order valence-electron chi connectivity index (χ0n) is 8.97. The van der Waals surface area contributed by atoms with Crippen molar-refractivity contribution in [2.24, 2.45) is 0 Å². The van der Waals surface area contributed by atoms with E-state index in [0.717, 1.165) is 12.1 Å². The molecule has 80 valence electrons. The molecule has 3 nitrogen and oxygen atoms in total. The van der Waals surface area contributed by atoms with E-state index in [1.807, 2.05) is 17.7 Å². The van der Waals surface area contributed by atoms with Crippen LogP contribution in [0.1, 0.15) is 23.5 Å². The molecule has 4 heteroatoms. The van der Waals surface area contributed by atoms with Crippen molar-refractivity contribution in [3.05, 3.63) is 34.3 Å². The molecule has 15 heavy (non-hydrogen) atoms. The maximum atomic E-state index is 5.83. The van der Waals surface area contributed by atoms with Gasteiger partial charge in [-0.05, 0) is 25.3 Å². The monoisotopic (exact) mass is 221 g/mol. The maximum absolute atomic E-state index is 5.83. The van der Waals surface area contributed by atoms with Crippen LogP contribution in [0.3, 0.4) is 0 Å². The number of aryl methyl sites for hydroxylation is 1. The van der Waals surface area contributed by atoms with Crippen molar-refractivity contribution in [2.75, 3.05) is 5.73 Å². The lowest BCUT2D eigenvalue weighted by Gasteiger charge is -2.13. The van der Waals surface area contributed by atoms with Crippen molar-refractivity contribution < 1.29 is 0 Å². The van der Waals surface area contributed by atoms with E-state index in [1.54, 1.807) is 11.3 Å². The minimum absolute atomic E-state index is 0.366. The minimum Gasteiger partial charge on any atom is -0.369 e. The molecular weight excluding hydrogens is 206 g/mol. The molecule has 0 amide bonds. The summed E-state index contributed by atoms with van der Waals surface area (Å²) in [6.07, 6.45) is 3.02. The highest BCUT2D eigenvalue weighted by Gasteiger charge is 2.10. The van der Waals surface area contributed by atoms with Crippen LogP contribution in [0.5, 0.6) is 0 Å². The van der Waals surface area contributed by atoms with E-state index in [9.17, 15) is 0 Å². The number of thiophene rings is 1. The second-order valence-corrected chi connectivity index (χ2v) is 4.81. The predicted octanol–water partition coefficient (Wildman–Crippen LogP) is 2.64. The second-order valence-electron chi connectivity index (χ2n) is 3.78. The third-order valence-electron chi connectivity index (χ3n) is 2.43. The molecule has 0 bridgehead atoms. The molecule has 0 saturated carbocycles. The van der Waals surface area contributed by atoms with Gasteiger partial charge >= 0.3 is 0 Å². The summed E-state index contributed by atoms with van der Waals surface area (Å²) in [6.45, 7) is 4.13. The van der Waals surface area contributed by atoms with Crippen molar-refractivity contribution in [3.8, 4) is 0 Å². The SMILES string of the molecule is Cc1cn(C(C)Cc2cccs2)c(N)n1. The van der Waals surface area contributed by atoms with Crippen LogP contribution in [0.4, 0.5) is 5.95 Å². The van der Waals surface area contributed by atoms with E-state index < -0.39 is 0 Å². The van der Waals surface area contributed by atoms with Gasteiger partial charge in [-0.1, -0.05) is 6.07 Å². The van der Waals surface area contributed by atoms with Crippen molar-refractivity contribution in [1.82, 2.24) is 9.55 Å². The summed E-state index contributed by atoms with van der Waals surface area (Å²) in [4.78, 5) is 5.59. The predicted molar refractivity (Wildman–Crippen MR) is 64.1 cm³/mol. The van der Waals surface area contributed by atoms with Crippen molar-refractivity contribution >= 4 is 17.3 Å². The first-order valence-corrected chi connectivity index (χ1v) is 5.88. The maximum Gasteiger partial charge on any atom is 0.200 e. The Kier molecular flexibility index (Phi) is 2.77. The highest BCUT2D eigenvalue weighted by molar-refractivity contribution is 7.09. The molecule has 0 spiro atoms. The second kappa shape index (κ2) is 4.06. The van der Waals surface area contributed by atoms with Crippen molar-refractivity contribution in [2.45, 2.75) is 26.3 Å². The standard InChI is InChI=1S/C11H15N3S/c1-8-7-14(11(12)13-8)9(2)6-10-4-3-5-15-10/h3-5,7,9H,6H2,1-2H3,(H2,12,13). The molecule has 0 aliphatic rings. The van der Waals surface area contributed by atoms with Gasteiger partial charge in [0.15, 0.2) is 0 Å². The summed E-state index contributed by atoms with van der Waals surface area (Å²) in [5.41, 5.74) is 6.80. The van der Waals surface area contributed by atoms with E-state index in [-0.39, 0.29) is 0 Å². The summed E-state index contributed by atoms with van der Waals surface area (Å²) in [5, 5.41) is 2.10. The molecule has 0 fully saturated rings. The van der Waals surface area contributed by atoms with Crippen molar-refractivity contribution in [3.63, 3.8) is 0 Å². The molecule has 0 saturated heterocycles. The van der Waals surface area contributed by atoms with Gasteiger partial charge in [0.1, 0.15) is 0 Å². The summed E-state index contributed by atoms with van der Waals surface area (Å²) >= 11 is 1.78. The van der Waals surface area contributed by atoms with Crippen LogP contribution >= 0.6 is 11.3 Å². The third-order valence-corrected chi connectivity index (χ3v) is 3.33. The minimum atomic E-state index is 0.366. The Morgan fingerprint density at radius 1 is 1.60 bits per heavy atom. The zero-order chi connectivity index (χ0) is 10.8. The largest absolute Gasteiger partial charge is 0.369 e. The number of imidazole rings is 1. The Bertz CT molecular complexity index is 431. The van der Waals surface area contributed by atoms with E-state index >= 15 is 0 Å². The lowest BCUT2D eigenvalue weighted by molar-refractivity contribution is 0.555. The van der Waals surface area contributed by atoms with Gasteiger partial charge in [0, 0.05) is 23.5 Å².